The van der Waals surface area contributed by atoms with E-state index in [-0.39, 0.29) is 6.10 Å². The van der Waals surface area contributed by atoms with Crippen LogP contribution in [0, 0.1) is 6.92 Å². The topological polar surface area (TPSA) is 84.3 Å². The number of rotatable bonds is 8. The standard InChI is InChI=1S/C14H23N3O3/c1-5-6-7-11(13(18)19)16-14-15-10(4)8-12(17-14)20-9(2)3/h8-9,11H,5-7H2,1-4H3,(H,18,19)(H,15,16,17). The number of carbonyl (C=O) groups is 1. The molecular formula is C14H23N3O3. The van der Waals surface area contributed by atoms with Crippen molar-refractivity contribution in [2.45, 2.75) is 59.1 Å². The molecule has 2 N–H and O–H groups in total. The maximum Gasteiger partial charge on any atom is 0.326 e. The Bertz CT molecular complexity index is 449. The number of hydrogen-bond acceptors (Lipinski definition) is 5. The van der Waals surface area contributed by atoms with Crippen LogP contribution in [0.15, 0.2) is 6.07 Å². The van der Waals surface area contributed by atoms with Crippen LogP contribution in [0.4, 0.5) is 5.95 Å². The third kappa shape index (κ3) is 5.42. The predicted molar refractivity (Wildman–Crippen MR) is 77.1 cm³/mol. The number of aryl methyl sites for hydroxylation is 1. The molecule has 0 spiro atoms. The Morgan fingerprint density at radius 1 is 1.45 bits per heavy atom. The maximum absolute atomic E-state index is 11.2. The molecule has 0 saturated heterocycles. The van der Waals surface area contributed by atoms with E-state index in [1.54, 1.807) is 6.07 Å². The highest BCUT2D eigenvalue weighted by Crippen LogP contribution is 2.15. The third-order valence-electron chi connectivity index (χ3n) is 2.63. The molecule has 20 heavy (non-hydrogen) atoms. The fraction of sp³-hybridized carbons (Fsp3) is 0.643. The zero-order valence-electron chi connectivity index (χ0n) is 12.5. The predicted octanol–water partition coefficient (Wildman–Crippen LogP) is 2.63. The molecule has 6 heteroatoms. The zero-order chi connectivity index (χ0) is 15.1. The van der Waals surface area contributed by atoms with E-state index in [9.17, 15) is 9.90 Å². The van der Waals surface area contributed by atoms with Gasteiger partial charge in [-0.1, -0.05) is 19.8 Å². The summed E-state index contributed by atoms with van der Waals surface area (Å²) < 4.78 is 5.52. The molecule has 0 aliphatic heterocycles. The van der Waals surface area contributed by atoms with Crippen LogP contribution in [0.25, 0.3) is 0 Å². The van der Waals surface area contributed by atoms with Gasteiger partial charge in [0.15, 0.2) is 0 Å². The summed E-state index contributed by atoms with van der Waals surface area (Å²) in [5.74, 6) is -0.145. The number of nitrogens with one attached hydrogen (secondary N) is 1. The lowest BCUT2D eigenvalue weighted by molar-refractivity contribution is -0.138. The van der Waals surface area contributed by atoms with Gasteiger partial charge in [0.1, 0.15) is 6.04 Å². The highest BCUT2D eigenvalue weighted by molar-refractivity contribution is 5.76. The second-order valence-corrected chi connectivity index (χ2v) is 5.02. The minimum absolute atomic E-state index is 0.00696. The van der Waals surface area contributed by atoms with E-state index >= 15 is 0 Å². The fourth-order valence-electron chi connectivity index (χ4n) is 1.73. The van der Waals surface area contributed by atoms with E-state index in [0.717, 1.165) is 18.5 Å². The lowest BCUT2D eigenvalue weighted by atomic mass is 10.1. The van der Waals surface area contributed by atoms with Crippen LogP contribution in [0.1, 0.15) is 45.7 Å². The van der Waals surface area contributed by atoms with Gasteiger partial charge in [-0.15, -0.1) is 0 Å². The van der Waals surface area contributed by atoms with E-state index in [2.05, 4.69) is 15.3 Å². The van der Waals surface area contributed by atoms with Gasteiger partial charge in [0, 0.05) is 11.8 Å². The molecule has 0 bridgehead atoms. The van der Waals surface area contributed by atoms with Crippen molar-refractivity contribution in [3.63, 3.8) is 0 Å². The van der Waals surface area contributed by atoms with Gasteiger partial charge in [-0.05, 0) is 27.2 Å². The summed E-state index contributed by atoms with van der Waals surface area (Å²) in [7, 11) is 0. The average molecular weight is 281 g/mol. The lowest BCUT2D eigenvalue weighted by Crippen LogP contribution is -2.30. The van der Waals surface area contributed by atoms with Crippen molar-refractivity contribution in [3.05, 3.63) is 11.8 Å². The first-order valence-corrected chi connectivity index (χ1v) is 6.94. The van der Waals surface area contributed by atoms with Crippen molar-refractivity contribution in [2.75, 3.05) is 5.32 Å². The van der Waals surface area contributed by atoms with Gasteiger partial charge in [-0.25, -0.2) is 9.78 Å². The van der Waals surface area contributed by atoms with Crippen LogP contribution >= 0.6 is 0 Å². The second-order valence-electron chi connectivity index (χ2n) is 5.02. The smallest absolute Gasteiger partial charge is 0.326 e. The number of nitrogens with zero attached hydrogens (tertiary/aromatic N) is 2. The number of carboxylic acids is 1. The van der Waals surface area contributed by atoms with Gasteiger partial charge in [-0.3, -0.25) is 0 Å². The zero-order valence-corrected chi connectivity index (χ0v) is 12.5. The summed E-state index contributed by atoms with van der Waals surface area (Å²) in [6.07, 6.45) is 2.34. The molecule has 0 aliphatic rings. The molecule has 0 aliphatic carbocycles. The number of hydrogen-bond donors (Lipinski definition) is 2. The summed E-state index contributed by atoms with van der Waals surface area (Å²) in [5, 5.41) is 12.1. The van der Waals surface area contributed by atoms with Gasteiger partial charge < -0.3 is 15.2 Å². The minimum Gasteiger partial charge on any atom is -0.480 e. The van der Waals surface area contributed by atoms with Crippen LogP contribution in [-0.2, 0) is 4.79 Å². The summed E-state index contributed by atoms with van der Waals surface area (Å²) in [6.45, 7) is 7.66. The molecule has 112 valence electrons. The van der Waals surface area contributed by atoms with Crippen molar-refractivity contribution < 1.29 is 14.6 Å². The quantitative estimate of drug-likeness (QED) is 0.762. The Morgan fingerprint density at radius 2 is 2.15 bits per heavy atom. The Balaban J connectivity index is 2.83. The summed E-state index contributed by atoms with van der Waals surface area (Å²) in [5.41, 5.74) is 0.734. The number of anilines is 1. The average Bonchev–Trinajstić information content (AvgIpc) is 2.32. The number of carboxylic acid groups (broad SMARTS) is 1. The van der Waals surface area contributed by atoms with E-state index in [1.807, 2.05) is 27.7 Å². The van der Waals surface area contributed by atoms with E-state index in [4.69, 9.17) is 4.74 Å². The molecule has 6 nitrogen and oxygen atoms in total. The molecule has 0 radical (unpaired) electrons. The molecule has 0 amide bonds. The molecule has 0 saturated carbocycles. The van der Waals surface area contributed by atoms with Crippen molar-refractivity contribution in [1.82, 2.24) is 9.97 Å². The van der Waals surface area contributed by atoms with Gasteiger partial charge in [0.2, 0.25) is 11.8 Å². The first-order valence-electron chi connectivity index (χ1n) is 6.94. The van der Waals surface area contributed by atoms with Crippen LogP contribution in [-0.4, -0.2) is 33.2 Å². The molecular weight excluding hydrogens is 258 g/mol. The van der Waals surface area contributed by atoms with Crippen LogP contribution in [0.2, 0.25) is 0 Å². The van der Waals surface area contributed by atoms with Crippen molar-refractivity contribution in [3.8, 4) is 5.88 Å². The van der Waals surface area contributed by atoms with E-state index < -0.39 is 12.0 Å². The lowest BCUT2D eigenvalue weighted by Gasteiger charge is -2.15. The Kier molecular flexibility index (Phi) is 6.21. The SMILES string of the molecule is CCCCC(Nc1nc(C)cc(OC(C)C)n1)C(=O)O. The minimum atomic E-state index is -0.894. The molecule has 1 aromatic heterocycles. The van der Waals surface area contributed by atoms with E-state index in [1.165, 1.54) is 0 Å². The third-order valence-corrected chi connectivity index (χ3v) is 2.63. The molecule has 1 aromatic rings. The fourth-order valence-corrected chi connectivity index (χ4v) is 1.73. The van der Waals surface area contributed by atoms with Crippen LogP contribution in [0.3, 0.4) is 0 Å². The molecule has 0 aromatic carbocycles. The van der Waals surface area contributed by atoms with Crippen molar-refractivity contribution >= 4 is 11.9 Å². The number of ether oxygens (including phenoxy) is 1. The first kappa shape index (κ1) is 16.2. The monoisotopic (exact) mass is 281 g/mol. The molecule has 1 unspecified atom stereocenters. The number of aromatic nitrogens is 2. The number of aliphatic carboxylic acids is 1. The first-order chi connectivity index (χ1) is 9.42. The van der Waals surface area contributed by atoms with Gasteiger partial charge >= 0.3 is 5.97 Å². The highest BCUT2D eigenvalue weighted by atomic mass is 16.5. The molecule has 1 heterocycles. The Hall–Kier alpha value is -1.85. The highest BCUT2D eigenvalue weighted by Gasteiger charge is 2.18. The molecule has 1 rings (SSSR count). The van der Waals surface area contributed by atoms with Gasteiger partial charge in [0.25, 0.3) is 0 Å². The molecule has 0 fully saturated rings. The largest absolute Gasteiger partial charge is 0.480 e. The van der Waals surface area contributed by atoms with Crippen LogP contribution in [0.5, 0.6) is 5.88 Å². The Morgan fingerprint density at radius 3 is 2.70 bits per heavy atom. The summed E-state index contributed by atoms with van der Waals surface area (Å²) in [6, 6.07) is 1.05. The van der Waals surface area contributed by atoms with E-state index in [0.29, 0.717) is 18.2 Å². The maximum atomic E-state index is 11.2. The second kappa shape index (κ2) is 7.67. The Labute approximate surface area is 119 Å². The van der Waals surface area contributed by atoms with Gasteiger partial charge in [-0.2, -0.15) is 4.98 Å². The summed E-state index contributed by atoms with van der Waals surface area (Å²) in [4.78, 5) is 19.6. The normalized spacial score (nSPS) is 12.2. The number of unbranched alkanes of at least 4 members (excludes halogenated alkanes) is 1. The molecule has 1 atom stereocenters. The van der Waals surface area contributed by atoms with Crippen molar-refractivity contribution in [1.29, 1.82) is 0 Å². The van der Waals surface area contributed by atoms with Crippen molar-refractivity contribution in [2.24, 2.45) is 0 Å². The summed E-state index contributed by atoms with van der Waals surface area (Å²) >= 11 is 0. The van der Waals surface area contributed by atoms with Crippen LogP contribution < -0.4 is 10.1 Å². The van der Waals surface area contributed by atoms with Gasteiger partial charge in [0.05, 0.1) is 6.10 Å².